The fourth-order valence-electron chi connectivity index (χ4n) is 1.39. The lowest BCUT2D eigenvalue weighted by Crippen LogP contribution is -3.18. The summed E-state index contributed by atoms with van der Waals surface area (Å²) in [4.78, 5) is 12.1. The number of nitrogens with zero attached hydrogens (tertiary/aromatic N) is 1. The Hall–Kier alpha value is -0.230. The molecule has 1 unspecified atom stereocenters. The van der Waals surface area contributed by atoms with Crippen molar-refractivity contribution in [2.24, 2.45) is 0 Å². The van der Waals surface area contributed by atoms with E-state index in [0.717, 1.165) is 23.7 Å². The van der Waals surface area contributed by atoms with Gasteiger partial charge in [0, 0.05) is 0 Å². The van der Waals surface area contributed by atoms with Crippen molar-refractivity contribution in [2.75, 3.05) is 13.1 Å². The van der Waals surface area contributed by atoms with Crippen molar-refractivity contribution in [1.29, 1.82) is 0 Å². The Kier molecular flexibility index (Phi) is 7.83. The molecule has 3 nitrogen and oxygen atoms in total. The molecular weight excluding hydrogens is 336 g/mol. The van der Waals surface area contributed by atoms with Crippen molar-refractivity contribution in [3.63, 3.8) is 0 Å². The Labute approximate surface area is 115 Å². The van der Waals surface area contributed by atoms with Gasteiger partial charge < -0.3 is 17.0 Å². The van der Waals surface area contributed by atoms with E-state index < -0.39 is 0 Å². The SMILES string of the molecule is CCN(Br)[NH+](CC)C(=O)c1ccccc1.[Br-]. The van der Waals surface area contributed by atoms with E-state index in [1.54, 1.807) is 0 Å². The molecule has 0 spiro atoms. The zero-order valence-corrected chi connectivity index (χ0v) is 12.6. The molecule has 0 radical (unpaired) electrons. The molecular formula is C11H16Br2N2O. The highest BCUT2D eigenvalue weighted by molar-refractivity contribution is 9.07. The first-order valence-electron chi connectivity index (χ1n) is 5.09. The molecule has 1 rings (SSSR count). The second-order valence-corrected chi connectivity index (χ2v) is 4.03. The first kappa shape index (κ1) is 15.8. The summed E-state index contributed by atoms with van der Waals surface area (Å²) in [5.41, 5.74) is 0.743. The van der Waals surface area contributed by atoms with Gasteiger partial charge in [-0.05, 0) is 26.0 Å². The Balaban J connectivity index is 0.00000225. The van der Waals surface area contributed by atoms with Crippen molar-refractivity contribution in [1.82, 2.24) is 4.03 Å². The van der Waals surface area contributed by atoms with Crippen LogP contribution >= 0.6 is 16.1 Å². The number of benzene rings is 1. The van der Waals surface area contributed by atoms with E-state index in [1.807, 2.05) is 48.2 Å². The average Bonchev–Trinajstić information content (AvgIpc) is 2.30. The largest absolute Gasteiger partial charge is 1.00 e. The van der Waals surface area contributed by atoms with Crippen molar-refractivity contribution >= 4 is 22.1 Å². The minimum absolute atomic E-state index is 0. The van der Waals surface area contributed by atoms with Crippen molar-refractivity contribution in [3.8, 4) is 0 Å². The van der Waals surface area contributed by atoms with Gasteiger partial charge in [-0.15, -0.1) is 0 Å². The molecule has 5 heteroatoms. The molecule has 0 saturated heterocycles. The van der Waals surface area contributed by atoms with Crippen LogP contribution in [0.4, 0.5) is 0 Å². The molecule has 0 bridgehead atoms. The van der Waals surface area contributed by atoms with Crippen molar-refractivity contribution < 1.29 is 26.8 Å². The predicted octanol–water partition coefficient (Wildman–Crippen LogP) is -1.72. The van der Waals surface area contributed by atoms with Gasteiger partial charge in [-0.1, -0.05) is 22.2 Å². The third-order valence-corrected chi connectivity index (χ3v) is 3.13. The van der Waals surface area contributed by atoms with Crippen LogP contribution in [0.1, 0.15) is 24.2 Å². The van der Waals surface area contributed by atoms with Crippen molar-refractivity contribution in [2.45, 2.75) is 13.8 Å². The second kappa shape index (κ2) is 7.95. The average molecular weight is 352 g/mol. The molecule has 0 saturated carbocycles. The van der Waals surface area contributed by atoms with Gasteiger partial charge in [-0.2, -0.15) is 5.01 Å². The molecule has 0 fully saturated rings. The Morgan fingerprint density at radius 2 is 1.88 bits per heavy atom. The number of hydrogen-bond acceptors (Lipinski definition) is 2. The molecule has 1 aromatic carbocycles. The summed E-state index contributed by atoms with van der Waals surface area (Å²) < 4.78 is 1.82. The van der Waals surface area contributed by atoms with Gasteiger partial charge in [-0.3, -0.25) is 0 Å². The van der Waals surface area contributed by atoms with E-state index in [4.69, 9.17) is 0 Å². The smallest absolute Gasteiger partial charge is 0.364 e. The van der Waals surface area contributed by atoms with Gasteiger partial charge in [0.2, 0.25) is 0 Å². The highest BCUT2D eigenvalue weighted by atomic mass is 79.9. The van der Waals surface area contributed by atoms with Crippen LogP contribution in [0.2, 0.25) is 0 Å². The van der Waals surface area contributed by atoms with Crippen LogP contribution in [0.5, 0.6) is 0 Å². The molecule has 1 aromatic rings. The summed E-state index contributed by atoms with van der Waals surface area (Å²) in [6.07, 6.45) is 0. The number of quaternary nitrogens is 1. The number of nitrogens with one attached hydrogen (secondary N) is 1. The first-order chi connectivity index (χ1) is 7.20. The second-order valence-electron chi connectivity index (χ2n) is 3.17. The predicted molar refractivity (Wildman–Crippen MR) is 63.6 cm³/mol. The zero-order valence-electron chi connectivity index (χ0n) is 9.41. The number of amides is 1. The molecule has 0 aliphatic rings. The van der Waals surface area contributed by atoms with Crippen molar-refractivity contribution in [3.05, 3.63) is 35.9 Å². The summed E-state index contributed by atoms with van der Waals surface area (Å²) >= 11 is 3.38. The molecule has 0 aliphatic heterocycles. The Morgan fingerprint density at radius 1 is 1.31 bits per heavy atom. The number of carbonyl (C=O) groups is 1. The lowest BCUT2D eigenvalue weighted by atomic mass is 10.2. The van der Waals surface area contributed by atoms with E-state index in [0.29, 0.717) is 0 Å². The van der Waals surface area contributed by atoms with Gasteiger partial charge >= 0.3 is 5.91 Å². The standard InChI is InChI=1S/C11H15BrN2O.BrH/c1-3-13(14(12)4-2)11(15)10-8-6-5-7-9-10;/h5-9H,3-4H2,1-2H3;1H. The number of hydrogen-bond donors (Lipinski definition) is 1. The van der Waals surface area contributed by atoms with Crippen LogP contribution in [-0.4, -0.2) is 23.0 Å². The molecule has 1 N–H and O–H groups in total. The van der Waals surface area contributed by atoms with Crippen LogP contribution in [0.25, 0.3) is 0 Å². The Morgan fingerprint density at radius 3 is 2.31 bits per heavy atom. The summed E-state index contributed by atoms with van der Waals surface area (Å²) in [6, 6.07) is 9.35. The lowest BCUT2D eigenvalue weighted by molar-refractivity contribution is -0.912. The summed E-state index contributed by atoms with van der Waals surface area (Å²) in [7, 11) is 0. The number of rotatable bonds is 4. The van der Waals surface area contributed by atoms with E-state index >= 15 is 0 Å². The molecule has 0 aromatic heterocycles. The van der Waals surface area contributed by atoms with Crippen LogP contribution in [0.15, 0.2) is 30.3 Å². The quantitative estimate of drug-likeness (QED) is 0.516. The van der Waals surface area contributed by atoms with Crippen LogP contribution in [0, 0.1) is 0 Å². The highest BCUT2D eigenvalue weighted by Crippen LogP contribution is 1.97. The third kappa shape index (κ3) is 3.97. The molecule has 0 aliphatic carbocycles. The monoisotopic (exact) mass is 350 g/mol. The fourth-order valence-corrected chi connectivity index (χ4v) is 1.80. The third-order valence-electron chi connectivity index (χ3n) is 2.20. The summed E-state index contributed by atoms with van der Waals surface area (Å²) in [6.45, 7) is 5.50. The molecule has 90 valence electrons. The molecule has 1 amide bonds. The maximum atomic E-state index is 12.1. The van der Waals surface area contributed by atoms with E-state index in [-0.39, 0.29) is 22.9 Å². The number of halogens is 2. The van der Waals surface area contributed by atoms with Crippen LogP contribution in [-0.2, 0) is 0 Å². The minimum Gasteiger partial charge on any atom is -1.00 e. The van der Waals surface area contributed by atoms with Gasteiger partial charge in [0.25, 0.3) is 0 Å². The molecule has 16 heavy (non-hydrogen) atoms. The number of carbonyl (C=O) groups excluding carboxylic acids is 1. The normalized spacial score (nSPS) is 12.0. The summed E-state index contributed by atoms with van der Waals surface area (Å²) in [5.74, 6) is 0.0943. The van der Waals surface area contributed by atoms with E-state index in [2.05, 4.69) is 16.1 Å². The first-order valence-corrected chi connectivity index (χ1v) is 5.80. The lowest BCUT2D eigenvalue weighted by Gasteiger charge is -2.21. The topological polar surface area (TPSA) is 24.8 Å². The fraction of sp³-hybridized carbons (Fsp3) is 0.364. The van der Waals surface area contributed by atoms with Crippen LogP contribution in [0.3, 0.4) is 0 Å². The van der Waals surface area contributed by atoms with Crippen LogP contribution < -0.4 is 22.0 Å². The van der Waals surface area contributed by atoms with Gasteiger partial charge in [0.15, 0.2) is 0 Å². The maximum absolute atomic E-state index is 12.1. The molecule has 0 heterocycles. The van der Waals surface area contributed by atoms with E-state index in [1.165, 1.54) is 0 Å². The summed E-state index contributed by atoms with van der Waals surface area (Å²) in [5, 5.41) is 0.795. The Bertz CT molecular complexity index is 319. The van der Waals surface area contributed by atoms with Gasteiger partial charge in [-0.25, -0.2) is 4.79 Å². The van der Waals surface area contributed by atoms with Gasteiger partial charge in [0.1, 0.15) is 6.54 Å². The maximum Gasteiger partial charge on any atom is 0.364 e. The van der Waals surface area contributed by atoms with E-state index in [9.17, 15) is 4.79 Å². The minimum atomic E-state index is 0. The molecule has 1 atom stereocenters. The zero-order chi connectivity index (χ0) is 11.3. The highest BCUT2D eigenvalue weighted by Gasteiger charge is 2.24. The van der Waals surface area contributed by atoms with Gasteiger partial charge in [0.05, 0.1) is 28.3 Å².